The van der Waals surface area contributed by atoms with Crippen LogP contribution in [0, 0.1) is 5.92 Å². The number of likely N-dealkylation sites (tertiary alicyclic amines) is 1. The van der Waals surface area contributed by atoms with Crippen LogP contribution in [0.2, 0.25) is 0 Å². The molecule has 1 amide bonds. The molecule has 1 atom stereocenters. The average Bonchev–Trinajstić information content (AvgIpc) is 2.92. The maximum absolute atomic E-state index is 12.0. The van der Waals surface area contributed by atoms with Gasteiger partial charge in [0.2, 0.25) is 5.91 Å². The van der Waals surface area contributed by atoms with Crippen molar-refractivity contribution in [2.45, 2.75) is 44.6 Å². The van der Waals surface area contributed by atoms with E-state index in [4.69, 9.17) is 4.42 Å². The Hall–Kier alpha value is -1.29. The molecule has 4 nitrogen and oxygen atoms in total. The zero-order valence-electron chi connectivity index (χ0n) is 12.0. The van der Waals surface area contributed by atoms with E-state index in [1.807, 2.05) is 12.1 Å². The first-order chi connectivity index (χ1) is 9.84. The van der Waals surface area contributed by atoms with Gasteiger partial charge in [0.15, 0.2) is 0 Å². The van der Waals surface area contributed by atoms with Crippen LogP contribution in [-0.4, -0.2) is 30.4 Å². The van der Waals surface area contributed by atoms with Gasteiger partial charge in [-0.1, -0.05) is 12.8 Å². The third-order valence-corrected chi connectivity index (χ3v) is 4.65. The van der Waals surface area contributed by atoms with Crippen molar-refractivity contribution in [2.24, 2.45) is 5.92 Å². The van der Waals surface area contributed by atoms with Gasteiger partial charge >= 0.3 is 0 Å². The lowest BCUT2D eigenvalue weighted by Crippen LogP contribution is -2.43. The summed E-state index contributed by atoms with van der Waals surface area (Å²) < 4.78 is 5.59. The van der Waals surface area contributed by atoms with Crippen molar-refractivity contribution >= 4 is 5.91 Å². The Balaban J connectivity index is 1.61. The number of hydrogen-bond acceptors (Lipinski definition) is 3. The third kappa shape index (κ3) is 3.06. The highest BCUT2D eigenvalue weighted by molar-refractivity contribution is 5.79. The zero-order valence-corrected chi connectivity index (χ0v) is 12.0. The van der Waals surface area contributed by atoms with E-state index < -0.39 is 0 Å². The summed E-state index contributed by atoms with van der Waals surface area (Å²) in [6, 6.07) is 4.14. The maximum Gasteiger partial charge on any atom is 0.223 e. The summed E-state index contributed by atoms with van der Waals surface area (Å²) in [5.74, 6) is 1.46. The predicted molar refractivity (Wildman–Crippen MR) is 77.2 cm³/mol. The van der Waals surface area contributed by atoms with Gasteiger partial charge < -0.3 is 9.73 Å². The molecule has 110 valence electrons. The molecule has 2 fully saturated rings. The van der Waals surface area contributed by atoms with Crippen LogP contribution in [0.3, 0.4) is 0 Å². The molecule has 1 N–H and O–H groups in total. The normalized spacial score (nSPS) is 22.2. The smallest absolute Gasteiger partial charge is 0.223 e. The van der Waals surface area contributed by atoms with Crippen LogP contribution in [0.5, 0.6) is 0 Å². The average molecular weight is 276 g/mol. The number of furan rings is 1. The minimum absolute atomic E-state index is 0.189. The highest BCUT2D eigenvalue weighted by Gasteiger charge is 2.28. The Bertz CT molecular complexity index is 420. The van der Waals surface area contributed by atoms with Gasteiger partial charge in [-0.2, -0.15) is 0 Å². The Morgan fingerprint density at radius 2 is 2.10 bits per heavy atom. The maximum atomic E-state index is 12.0. The van der Waals surface area contributed by atoms with E-state index in [0.29, 0.717) is 6.54 Å². The molecule has 2 heterocycles. The van der Waals surface area contributed by atoms with Crippen LogP contribution in [0.15, 0.2) is 22.8 Å². The van der Waals surface area contributed by atoms with E-state index in [2.05, 4.69) is 10.2 Å². The summed E-state index contributed by atoms with van der Waals surface area (Å²) in [5.41, 5.74) is 0. The standard InChI is InChI=1S/C16H24N2O2/c19-16(13-6-4-7-13)17-12-14(15-8-5-11-20-15)18-9-2-1-3-10-18/h5,8,11,13-14H,1-4,6-7,9-10,12H2,(H,17,19)/t14-/m1/s1. The molecule has 1 aliphatic carbocycles. The number of nitrogens with zero attached hydrogens (tertiary/aromatic N) is 1. The first kappa shape index (κ1) is 13.7. The number of hydrogen-bond donors (Lipinski definition) is 1. The van der Waals surface area contributed by atoms with Crippen LogP contribution >= 0.6 is 0 Å². The molecule has 1 aliphatic heterocycles. The molecule has 0 bridgehead atoms. The lowest BCUT2D eigenvalue weighted by atomic mass is 9.85. The second kappa shape index (κ2) is 6.44. The van der Waals surface area contributed by atoms with E-state index >= 15 is 0 Å². The van der Waals surface area contributed by atoms with Gasteiger partial charge in [0, 0.05) is 12.5 Å². The fraction of sp³-hybridized carbons (Fsp3) is 0.688. The fourth-order valence-electron chi connectivity index (χ4n) is 3.13. The molecular weight excluding hydrogens is 252 g/mol. The predicted octanol–water partition coefficient (Wildman–Crippen LogP) is 2.72. The van der Waals surface area contributed by atoms with E-state index in [1.165, 1.54) is 25.7 Å². The van der Waals surface area contributed by atoms with Gasteiger partial charge in [-0.25, -0.2) is 0 Å². The van der Waals surface area contributed by atoms with Gasteiger partial charge in [-0.15, -0.1) is 0 Å². The highest BCUT2D eigenvalue weighted by Crippen LogP contribution is 2.27. The number of amides is 1. The van der Waals surface area contributed by atoms with E-state index in [9.17, 15) is 4.79 Å². The molecule has 20 heavy (non-hydrogen) atoms. The van der Waals surface area contributed by atoms with Crippen LogP contribution in [0.25, 0.3) is 0 Å². The molecule has 1 aromatic rings. The lowest BCUT2D eigenvalue weighted by Gasteiger charge is -2.34. The summed E-state index contributed by atoms with van der Waals surface area (Å²) in [6.45, 7) is 2.87. The summed E-state index contributed by atoms with van der Waals surface area (Å²) in [6.07, 6.45) is 8.84. The number of carbonyl (C=O) groups is 1. The summed E-state index contributed by atoms with van der Waals surface area (Å²) >= 11 is 0. The molecular formula is C16H24N2O2. The number of carbonyl (C=O) groups excluding carboxylic acids is 1. The molecule has 1 saturated carbocycles. The van der Waals surface area contributed by atoms with Gasteiger partial charge in [-0.3, -0.25) is 9.69 Å². The van der Waals surface area contributed by atoms with Gasteiger partial charge in [-0.05, 0) is 50.9 Å². The topological polar surface area (TPSA) is 45.5 Å². The van der Waals surface area contributed by atoms with E-state index in [0.717, 1.165) is 31.7 Å². The monoisotopic (exact) mass is 276 g/mol. The molecule has 0 spiro atoms. The van der Waals surface area contributed by atoms with Crippen molar-refractivity contribution in [2.75, 3.05) is 19.6 Å². The lowest BCUT2D eigenvalue weighted by molar-refractivity contribution is -0.127. The van der Waals surface area contributed by atoms with Crippen molar-refractivity contribution in [3.63, 3.8) is 0 Å². The van der Waals surface area contributed by atoms with Gasteiger partial charge in [0.1, 0.15) is 5.76 Å². The largest absolute Gasteiger partial charge is 0.468 e. The minimum atomic E-state index is 0.189. The molecule has 3 rings (SSSR count). The Kier molecular flexibility index (Phi) is 4.41. The molecule has 0 aromatic carbocycles. The summed E-state index contributed by atoms with van der Waals surface area (Å²) in [7, 11) is 0. The Morgan fingerprint density at radius 3 is 2.70 bits per heavy atom. The summed E-state index contributed by atoms with van der Waals surface area (Å²) in [5, 5.41) is 3.13. The van der Waals surface area contributed by atoms with E-state index in [1.54, 1.807) is 6.26 Å². The van der Waals surface area contributed by atoms with Crippen LogP contribution in [0.4, 0.5) is 0 Å². The highest BCUT2D eigenvalue weighted by atomic mass is 16.3. The number of nitrogens with one attached hydrogen (secondary N) is 1. The van der Waals surface area contributed by atoms with E-state index in [-0.39, 0.29) is 17.9 Å². The Labute approximate surface area is 120 Å². The molecule has 0 radical (unpaired) electrons. The number of rotatable bonds is 5. The van der Waals surface area contributed by atoms with Crippen LogP contribution in [-0.2, 0) is 4.79 Å². The fourth-order valence-corrected chi connectivity index (χ4v) is 3.13. The van der Waals surface area contributed by atoms with Crippen molar-refractivity contribution in [1.29, 1.82) is 0 Å². The van der Waals surface area contributed by atoms with Gasteiger partial charge in [0.25, 0.3) is 0 Å². The van der Waals surface area contributed by atoms with Crippen molar-refractivity contribution < 1.29 is 9.21 Å². The first-order valence-electron chi connectivity index (χ1n) is 7.90. The second-order valence-corrected chi connectivity index (χ2v) is 6.00. The minimum Gasteiger partial charge on any atom is -0.468 e. The molecule has 2 aliphatic rings. The van der Waals surface area contributed by atoms with Crippen molar-refractivity contribution in [1.82, 2.24) is 10.2 Å². The van der Waals surface area contributed by atoms with Crippen LogP contribution < -0.4 is 5.32 Å². The molecule has 4 heteroatoms. The summed E-state index contributed by atoms with van der Waals surface area (Å²) in [4.78, 5) is 14.5. The molecule has 1 aromatic heterocycles. The third-order valence-electron chi connectivity index (χ3n) is 4.65. The molecule has 1 saturated heterocycles. The van der Waals surface area contributed by atoms with Crippen LogP contribution in [0.1, 0.15) is 50.3 Å². The Morgan fingerprint density at radius 1 is 1.30 bits per heavy atom. The SMILES string of the molecule is O=C(NC[C@H](c1ccco1)N1CCCCC1)C1CCC1. The first-order valence-corrected chi connectivity index (χ1v) is 7.90. The quantitative estimate of drug-likeness (QED) is 0.899. The number of piperidine rings is 1. The molecule has 0 unspecified atom stereocenters. The van der Waals surface area contributed by atoms with Gasteiger partial charge in [0.05, 0.1) is 12.3 Å². The second-order valence-electron chi connectivity index (χ2n) is 6.00. The van der Waals surface area contributed by atoms with Crippen molar-refractivity contribution in [3.05, 3.63) is 24.2 Å². The zero-order chi connectivity index (χ0) is 13.8. The van der Waals surface area contributed by atoms with Crippen molar-refractivity contribution in [3.8, 4) is 0 Å².